The van der Waals surface area contributed by atoms with E-state index in [4.69, 9.17) is 9.84 Å². The molecule has 0 spiro atoms. The van der Waals surface area contributed by atoms with E-state index in [-0.39, 0.29) is 42.6 Å². The zero-order chi connectivity index (χ0) is 24.2. The normalized spacial score (nSPS) is 19.9. The lowest BCUT2D eigenvalue weighted by Crippen LogP contribution is -2.34. The number of alkyl carbamates (subject to hydrolysis) is 1. The molecule has 0 bridgehead atoms. The Labute approximate surface area is 200 Å². The number of hydrogen-bond acceptors (Lipinski definition) is 4. The number of carboxylic acids is 1. The Morgan fingerprint density at radius 2 is 1.68 bits per heavy atom. The lowest BCUT2D eigenvalue weighted by Gasteiger charge is -2.20. The number of amides is 2. The van der Waals surface area contributed by atoms with E-state index in [0.29, 0.717) is 26.1 Å². The molecule has 1 heterocycles. The summed E-state index contributed by atoms with van der Waals surface area (Å²) >= 11 is 0. The van der Waals surface area contributed by atoms with Crippen LogP contribution in [0.15, 0.2) is 48.5 Å². The molecule has 0 radical (unpaired) electrons. The molecule has 2 aromatic carbocycles. The monoisotopic (exact) mass is 464 g/mol. The minimum absolute atomic E-state index is 0.00146. The molecular formula is C27H32N2O5. The van der Waals surface area contributed by atoms with Gasteiger partial charge in [0.15, 0.2) is 0 Å². The highest BCUT2D eigenvalue weighted by Gasteiger charge is 2.34. The number of benzene rings is 2. The molecule has 4 rings (SSSR count). The molecule has 2 aromatic rings. The molecule has 7 heteroatoms. The van der Waals surface area contributed by atoms with Crippen LogP contribution in [0.2, 0.25) is 0 Å². The standard InChI is InChI=1S/C27H32N2O5/c1-17(11-25(30)29-14-18(2)19(15-29)12-26(31)32)13-28-27(33)34-16-24-22-9-5-3-7-20(22)21-8-4-6-10-23(21)24/h3-10,17-19,24H,11-16H2,1-2H3,(H,28,33)(H,31,32)/t17?,18-,19-/m1/s1. The van der Waals surface area contributed by atoms with Crippen molar-refractivity contribution in [3.8, 4) is 11.1 Å². The van der Waals surface area contributed by atoms with Crippen LogP contribution in [0.25, 0.3) is 11.1 Å². The Bertz CT molecular complexity index is 1020. The third-order valence-electron chi connectivity index (χ3n) is 7.02. The molecule has 1 saturated heterocycles. The molecule has 3 atom stereocenters. The molecular weight excluding hydrogens is 432 g/mol. The summed E-state index contributed by atoms with van der Waals surface area (Å²) in [4.78, 5) is 37.8. The maximum atomic E-state index is 12.6. The summed E-state index contributed by atoms with van der Waals surface area (Å²) in [7, 11) is 0. The second kappa shape index (κ2) is 10.3. The lowest BCUT2D eigenvalue weighted by atomic mass is 9.95. The van der Waals surface area contributed by atoms with Crippen LogP contribution in [0.5, 0.6) is 0 Å². The Balaban J connectivity index is 1.23. The van der Waals surface area contributed by atoms with Crippen molar-refractivity contribution >= 4 is 18.0 Å². The van der Waals surface area contributed by atoms with Gasteiger partial charge >= 0.3 is 12.1 Å². The number of hydrogen-bond donors (Lipinski definition) is 2. The van der Waals surface area contributed by atoms with Crippen LogP contribution in [-0.2, 0) is 14.3 Å². The number of ether oxygens (including phenoxy) is 1. The summed E-state index contributed by atoms with van der Waals surface area (Å²) in [5, 5.41) is 11.8. The van der Waals surface area contributed by atoms with Crippen molar-refractivity contribution in [2.75, 3.05) is 26.2 Å². The second-order valence-corrected chi connectivity index (χ2v) is 9.65. The highest BCUT2D eigenvalue weighted by atomic mass is 16.5. The van der Waals surface area contributed by atoms with Crippen LogP contribution in [0, 0.1) is 17.8 Å². The van der Waals surface area contributed by atoms with Crippen molar-refractivity contribution < 1.29 is 24.2 Å². The topological polar surface area (TPSA) is 95.9 Å². The van der Waals surface area contributed by atoms with Crippen molar-refractivity contribution in [3.05, 3.63) is 59.7 Å². The van der Waals surface area contributed by atoms with Gasteiger partial charge in [0.25, 0.3) is 0 Å². The van der Waals surface area contributed by atoms with E-state index in [0.717, 1.165) is 11.1 Å². The molecule has 180 valence electrons. The summed E-state index contributed by atoms with van der Waals surface area (Å²) in [5.41, 5.74) is 4.69. The van der Waals surface area contributed by atoms with Crippen LogP contribution >= 0.6 is 0 Å². The molecule has 7 nitrogen and oxygen atoms in total. The molecule has 1 fully saturated rings. The first-order valence-electron chi connectivity index (χ1n) is 11.9. The molecule has 2 aliphatic rings. The van der Waals surface area contributed by atoms with Crippen LogP contribution < -0.4 is 5.32 Å². The van der Waals surface area contributed by atoms with Gasteiger partial charge in [-0.1, -0.05) is 62.4 Å². The predicted molar refractivity (Wildman–Crippen MR) is 128 cm³/mol. The highest BCUT2D eigenvalue weighted by Crippen LogP contribution is 2.44. The first-order valence-corrected chi connectivity index (χ1v) is 11.9. The van der Waals surface area contributed by atoms with Gasteiger partial charge in [-0.3, -0.25) is 9.59 Å². The van der Waals surface area contributed by atoms with Gasteiger partial charge in [0.1, 0.15) is 6.61 Å². The average molecular weight is 465 g/mol. The molecule has 1 unspecified atom stereocenters. The van der Waals surface area contributed by atoms with E-state index in [2.05, 4.69) is 29.6 Å². The number of carbonyl (C=O) groups is 3. The first kappa shape index (κ1) is 23.8. The van der Waals surface area contributed by atoms with Gasteiger partial charge in [-0.2, -0.15) is 0 Å². The maximum absolute atomic E-state index is 12.6. The Hall–Kier alpha value is -3.35. The number of rotatable bonds is 8. The van der Waals surface area contributed by atoms with Crippen LogP contribution in [0.1, 0.15) is 43.7 Å². The fourth-order valence-corrected chi connectivity index (χ4v) is 5.13. The van der Waals surface area contributed by atoms with Crippen molar-refractivity contribution in [1.29, 1.82) is 0 Å². The van der Waals surface area contributed by atoms with E-state index in [1.54, 1.807) is 4.90 Å². The van der Waals surface area contributed by atoms with Crippen molar-refractivity contribution in [1.82, 2.24) is 10.2 Å². The first-order chi connectivity index (χ1) is 16.3. The van der Waals surface area contributed by atoms with Crippen molar-refractivity contribution in [3.63, 3.8) is 0 Å². The van der Waals surface area contributed by atoms with Gasteiger partial charge < -0.3 is 20.1 Å². The summed E-state index contributed by atoms with van der Waals surface area (Å²) < 4.78 is 5.56. The Morgan fingerprint density at radius 3 is 2.29 bits per heavy atom. The quantitative estimate of drug-likeness (QED) is 0.613. The largest absolute Gasteiger partial charge is 0.481 e. The van der Waals surface area contributed by atoms with E-state index in [1.165, 1.54) is 11.1 Å². The number of carboxylic acid groups (broad SMARTS) is 1. The van der Waals surface area contributed by atoms with Crippen molar-refractivity contribution in [2.45, 2.75) is 32.6 Å². The summed E-state index contributed by atoms with van der Waals surface area (Å²) in [6.45, 7) is 5.56. The number of nitrogens with one attached hydrogen (secondary N) is 1. The average Bonchev–Trinajstić information content (AvgIpc) is 3.33. The maximum Gasteiger partial charge on any atom is 0.407 e. The third kappa shape index (κ3) is 5.24. The SMILES string of the molecule is CC(CNC(=O)OCC1c2ccccc2-c2ccccc21)CC(=O)N1C[C@@H](CC(=O)O)[C@H](C)C1. The zero-order valence-corrected chi connectivity index (χ0v) is 19.7. The fourth-order valence-electron chi connectivity index (χ4n) is 5.13. The molecule has 0 saturated carbocycles. The van der Waals surface area contributed by atoms with Crippen LogP contribution in [0.4, 0.5) is 4.79 Å². The van der Waals surface area contributed by atoms with Crippen LogP contribution in [0.3, 0.4) is 0 Å². The van der Waals surface area contributed by atoms with E-state index in [9.17, 15) is 14.4 Å². The minimum atomic E-state index is -0.827. The minimum Gasteiger partial charge on any atom is -0.481 e. The molecule has 1 aliphatic heterocycles. The summed E-state index contributed by atoms with van der Waals surface area (Å²) in [6, 6.07) is 16.4. The fraction of sp³-hybridized carbons (Fsp3) is 0.444. The van der Waals surface area contributed by atoms with Gasteiger partial charge in [-0.05, 0) is 40.0 Å². The van der Waals surface area contributed by atoms with Gasteiger partial charge in [0, 0.05) is 32.0 Å². The summed E-state index contributed by atoms with van der Waals surface area (Å²) in [6.07, 6.45) is -0.0996. The predicted octanol–water partition coefficient (Wildman–Crippen LogP) is 4.12. The third-order valence-corrected chi connectivity index (χ3v) is 7.02. The van der Waals surface area contributed by atoms with Gasteiger partial charge in [0.05, 0.1) is 6.42 Å². The zero-order valence-electron chi connectivity index (χ0n) is 19.7. The number of likely N-dealkylation sites (tertiary alicyclic amines) is 1. The second-order valence-electron chi connectivity index (χ2n) is 9.65. The molecule has 1 aliphatic carbocycles. The number of carbonyl (C=O) groups excluding carboxylic acids is 2. The smallest absolute Gasteiger partial charge is 0.407 e. The number of aliphatic carboxylic acids is 1. The Kier molecular flexibility index (Phi) is 7.20. The molecule has 34 heavy (non-hydrogen) atoms. The van der Waals surface area contributed by atoms with E-state index >= 15 is 0 Å². The number of fused-ring (bicyclic) bond motifs is 3. The van der Waals surface area contributed by atoms with Crippen molar-refractivity contribution in [2.24, 2.45) is 17.8 Å². The van der Waals surface area contributed by atoms with Gasteiger partial charge in [-0.25, -0.2) is 4.79 Å². The Morgan fingerprint density at radius 1 is 1.06 bits per heavy atom. The van der Waals surface area contributed by atoms with Gasteiger partial charge in [-0.15, -0.1) is 0 Å². The van der Waals surface area contributed by atoms with Gasteiger partial charge in [0.2, 0.25) is 5.91 Å². The summed E-state index contributed by atoms with van der Waals surface area (Å²) in [5.74, 6) is -0.701. The van der Waals surface area contributed by atoms with E-state index < -0.39 is 12.1 Å². The molecule has 0 aromatic heterocycles. The lowest BCUT2D eigenvalue weighted by molar-refractivity contribution is -0.138. The van der Waals surface area contributed by atoms with Crippen LogP contribution in [-0.4, -0.2) is 54.2 Å². The van der Waals surface area contributed by atoms with E-state index in [1.807, 2.05) is 38.1 Å². The molecule has 2 N–H and O–H groups in total. The number of nitrogens with zero attached hydrogens (tertiary/aromatic N) is 1. The molecule has 2 amide bonds. The highest BCUT2D eigenvalue weighted by molar-refractivity contribution is 5.79.